The molecule has 0 saturated carbocycles. The Morgan fingerprint density at radius 3 is 2.39 bits per heavy atom. The van der Waals surface area contributed by atoms with Gasteiger partial charge in [0, 0.05) is 18.2 Å². The Labute approximate surface area is 140 Å². The molecule has 0 bridgehead atoms. The van der Waals surface area contributed by atoms with Crippen molar-refractivity contribution in [3.8, 4) is 0 Å². The maximum atomic E-state index is 13.5. The normalized spacial score (nSPS) is 11.7. The number of rotatable bonds is 8. The van der Waals surface area contributed by atoms with E-state index in [0.717, 1.165) is 0 Å². The first kappa shape index (κ1) is 21.3. The largest absolute Gasteiger partial charge is 0.481 e. The summed E-state index contributed by atoms with van der Waals surface area (Å²) in [6.07, 6.45) is -0.0111. The first-order valence-electron chi connectivity index (χ1n) is 6.92. The van der Waals surface area contributed by atoms with E-state index in [2.05, 4.69) is 5.32 Å². The smallest absolute Gasteiger partial charge is 0.304 e. The van der Waals surface area contributed by atoms with Gasteiger partial charge in [0.25, 0.3) is 0 Å². The summed E-state index contributed by atoms with van der Waals surface area (Å²) in [5.41, 5.74) is -0.0606. The van der Waals surface area contributed by atoms with Crippen LogP contribution in [0.25, 0.3) is 0 Å². The van der Waals surface area contributed by atoms with Crippen LogP contribution in [-0.4, -0.2) is 48.1 Å². The summed E-state index contributed by atoms with van der Waals surface area (Å²) in [4.78, 5) is 23.8. The van der Waals surface area contributed by atoms with Crippen LogP contribution in [0.2, 0.25) is 0 Å². The molecule has 1 aromatic rings. The van der Waals surface area contributed by atoms with Crippen molar-refractivity contribution in [3.05, 3.63) is 35.4 Å². The van der Waals surface area contributed by atoms with Crippen LogP contribution < -0.4 is 5.32 Å². The molecule has 0 aliphatic carbocycles. The van der Waals surface area contributed by atoms with Gasteiger partial charge in [0.1, 0.15) is 11.6 Å². The summed E-state index contributed by atoms with van der Waals surface area (Å²) in [5, 5.41) is 11.2. The van der Waals surface area contributed by atoms with Gasteiger partial charge >= 0.3 is 5.97 Å². The zero-order chi connectivity index (χ0) is 16.7. The topological polar surface area (TPSA) is 69.6 Å². The van der Waals surface area contributed by atoms with Crippen LogP contribution in [0, 0.1) is 11.6 Å². The number of amides is 1. The van der Waals surface area contributed by atoms with Crippen LogP contribution in [0.5, 0.6) is 0 Å². The van der Waals surface area contributed by atoms with Gasteiger partial charge < -0.3 is 10.4 Å². The lowest BCUT2D eigenvalue weighted by Gasteiger charge is -2.18. The zero-order valence-corrected chi connectivity index (χ0v) is 13.8. The Morgan fingerprint density at radius 1 is 1.30 bits per heavy atom. The third-order valence-electron chi connectivity index (χ3n) is 3.10. The first-order valence-corrected chi connectivity index (χ1v) is 6.92. The maximum absolute atomic E-state index is 13.5. The van der Waals surface area contributed by atoms with E-state index in [1.807, 2.05) is 0 Å². The Hall–Kier alpha value is -1.73. The lowest BCUT2D eigenvalue weighted by molar-refractivity contribution is -0.137. The summed E-state index contributed by atoms with van der Waals surface area (Å²) in [7, 11) is 1.63. The van der Waals surface area contributed by atoms with Crippen LogP contribution in [0.4, 0.5) is 8.78 Å². The average molecular weight is 351 g/mol. The summed E-state index contributed by atoms with van der Waals surface area (Å²) in [6.45, 7) is 1.93. The summed E-state index contributed by atoms with van der Waals surface area (Å²) in [6, 6.07) is 3.19. The van der Waals surface area contributed by atoms with Gasteiger partial charge in [-0.15, -0.1) is 12.4 Å². The van der Waals surface area contributed by atoms with Gasteiger partial charge in [0.15, 0.2) is 0 Å². The van der Waals surface area contributed by atoms with Crippen molar-refractivity contribution in [3.63, 3.8) is 0 Å². The number of halogens is 3. The predicted octanol–water partition coefficient (Wildman–Crippen LogP) is 1.84. The van der Waals surface area contributed by atoms with Gasteiger partial charge in [-0.2, -0.15) is 0 Å². The van der Waals surface area contributed by atoms with E-state index in [1.54, 1.807) is 18.9 Å². The predicted molar refractivity (Wildman–Crippen MR) is 84.7 cm³/mol. The molecule has 2 N–H and O–H groups in total. The van der Waals surface area contributed by atoms with Crippen LogP contribution in [0.3, 0.4) is 0 Å². The maximum Gasteiger partial charge on any atom is 0.304 e. The molecule has 1 rings (SSSR count). The average Bonchev–Trinajstić information content (AvgIpc) is 2.40. The third-order valence-corrected chi connectivity index (χ3v) is 3.10. The summed E-state index contributed by atoms with van der Waals surface area (Å²) in [5.74, 6) is -2.54. The molecule has 0 saturated heterocycles. The number of carboxylic acid groups (broad SMARTS) is 1. The molecule has 0 spiro atoms. The molecule has 1 amide bonds. The number of nitrogens with one attached hydrogen (secondary N) is 1. The molecule has 1 aromatic carbocycles. The van der Waals surface area contributed by atoms with E-state index in [-0.39, 0.29) is 49.8 Å². The van der Waals surface area contributed by atoms with Gasteiger partial charge in [0.05, 0.1) is 13.0 Å². The Kier molecular flexibility index (Phi) is 9.36. The number of carbonyl (C=O) groups is 2. The Bertz CT molecular complexity index is 523. The molecule has 0 radical (unpaired) electrons. The number of likely N-dealkylation sites (N-methyl/N-ethyl adjacent to an activating group) is 1. The highest BCUT2D eigenvalue weighted by Gasteiger charge is 2.15. The fourth-order valence-corrected chi connectivity index (χ4v) is 2.02. The highest BCUT2D eigenvalue weighted by Crippen LogP contribution is 2.14. The minimum absolute atomic E-state index is 0. The van der Waals surface area contributed by atoms with Crippen LogP contribution >= 0.6 is 12.4 Å². The highest BCUT2D eigenvalue weighted by molar-refractivity contribution is 5.85. The van der Waals surface area contributed by atoms with E-state index in [1.165, 1.54) is 18.2 Å². The number of hydrogen-bond acceptors (Lipinski definition) is 3. The minimum Gasteiger partial charge on any atom is -0.481 e. The van der Waals surface area contributed by atoms with Gasteiger partial charge in [-0.25, -0.2) is 8.78 Å². The van der Waals surface area contributed by atoms with Gasteiger partial charge in [-0.05, 0) is 32.5 Å². The molecule has 0 fully saturated rings. The van der Waals surface area contributed by atoms with Crippen molar-refractivity contribution in [1.82, 2.24) is 10.2 Å². The van der Waals surface area contributed by atoms with E-state index < -0.39 is 23.6 Å². The number of benzene rings is 1. The highest BCUT2D eigenvalue weighted by atomic mass is 35.5. The quantitative estimate of drug-likeness (QED) is 0.750. The van der Waals surface area contributed by atoms with Crippen molar-refractivity contribution in [1.29, 1.82) is 0 Å². The van der Waals surface area contributed by atoms with Gasteiger partial charge in [-0.3, -0.25) is 14.5 Å². The second kappa shape index (κ2) is 10.1. The van der Waals surface area contributed by atoms with Gasteiger partial charge in [-0.1, -0.05) is 6.07 Å². The molecular formula is C15H21ClF2N2O3. The van der Waals surface area contributed by atoms with Crippen LogP contribution in [-0.2, 0) is 16.0 Å². The molecule has 0 aromatic heterocycles. The fraction of sp³-hybridized carbons (Fsp3) is 0.467. The van der Waals surface area contributed by atoms with E-state index in [4.69, 9.17) is 5.11 Å². The Balaban J connectivity index is 0.00000484. The first-order chi connectivity index (χ1) is 10.3. The molecule has 5 nitrogen and oxygen atoms in total. The van der Waals surface area contributed by atoms with Crippen molar-refractivity contribution < 1.29 is 23.5 Å². The minimum atomic E-state index is -0.935. The van der Waals surface area contributed by atoms with Crippen molar-refractivity contribution >= 4 is 24.3 Å². The number of aliphatic carboxylic acids is 1. The summed E-state index contributed by atoms with van der Waals surface area (Å²) >= 11 is 0. The molecule has 8 heteroatoms. The summed E-state index contributed by atoms with van der Waals surface area (Å²) < 4.78 is 27.0. The lowest BCUT2D eigenvalue weighted by atomic mass is 10.1. The second-order valence-corrected chi connectivity index (χ2v) is 5.25. The van der Waals surface area contributed by atoms with Crippen LogP contribution in [0.15, 0.2) is 18.2 Å². The molecule has 1 atom stereocenters. The molecule has 0 heterocycles. The Morgan fingerprint density at radius 2 is 1.87 bits per heavy atom. The molecular weight excluding hydrogens is 330 g/mol. The van der Waals surface area contributed by atoms with Gasteiger partial charge in [0.2, 0.25) is 5.91 Å². The molecule has 1 unspecified atom stereocenters. The molecule has 0 aliphatic heterocycles. The number of carboxylic acids is 1. The van der Waals surface area contributed by atoms with E-state index in [0.29, 0.717) is 0 Å². The fourth-order valence-electron chi connectivity index (χ4n) is 2.02. The molecule has 23 heavy (non-hydrogen) atoms. The second-order valence-electron chi connectivity index (χ2n) is 5.25. The number of carbonyl (C=O) groups excluding carboxylic acids is 1. The van der Waals surface area contributed by atoms with Crippen molar-refractivity contribution in [2.75, 3.05) is 20.1 Å². The monoisotopic (exact) mass is 350 g/mol. The standard InChI is InChI=1S/C15H20F2N2O3.ClH/c1-10(8-11-12(16)4-3-5-13(11)17)18-14(20)9-19(2)7-6-15(21)22;/h3-5,10H,6-9H2,1-2H3,(H,18,20)(H,21,22);1H. The van der Waals surface area contributed by atoms with Crippen LogP contribution in [0.1, 0.15) is 18.9 Å². The molecule has 0 aliphatic rings. The van der Waals surface area contributed by atoms with Crippen molar-refractivity contribution in [2.24, 2.45) is 0 Å². The van der Waals surface area contributed by atoms with E-state index in [9.17, 15) is 18.4 Å². The third kappa shape index (κ3) is 7.90. The number of hydrogen-bond donors (Lipinski definition) is 2. The lowest BCUT2D eigenvalue weighted by Crippen LogP contribution is -2.41. The van der Waals surface area contributed by atoms with E-state index >= 15 is 0 Å². The van der Waals surface area contributed by atoms with Crippen molar-refractivity contribution in [2.45, 2.75) is 25.8 Å². The molecule has 130 valence electrons. The SMILES string of the molecule is CC(Cc1c(F)cccc1F)NC(=O)CN(C)CCC(=O)O.Cl. The number of nitrogens with zero attached hydrogens (tertiary/aromatic N) is 1. The zero-order valence-electron chi connectivity index (χ0n) is 13.0.